The summed E-state index contributed by atoms with van der Waals surface area (Å²) in [4.78, 5) is 0. The molecule has 0 atom stereocenters. The van der Waals surface area contributed by atoms with Gasteiger partial charge in [-0.2, -0.15) is 0 Å². The normalized spacial score (nSPS) is 24.6. The topological polar surface area (TPSA) is 0 Å². The Labute approximate surface area is 151 Å². The van der Waals surface area contributed by atoms with E-state index in [2.05, 4.69) is 61.5 Å². The standard InChI is InChI=1S/C22H33Br/c1-5-7-17(3)20-10-12-22(13-11-20,14-15-23)21-9-8-19(6-2)18(4)16-21/h8-9,16,20H,3,5-7,10-15H2,1-2,4H3. The highest BCUT2D eigenvalue weighted by Crippen LogP contribution is 2.46. The van der Waals surface area contributed by atoms with Crippen molar-refractivity contribution in [2.75, 3.05) is 5.33 Å². The van der Waals surface area contributed by atoms with Gasteiger partial charge in [-0.1, -0.05) is 66.5 Å². The van der Waals surface area contributed by atoms with Crippen molar-refractivity contribution < 1.29 is 0 Å². The summed E-state index contributed by atoms with van der Waals surface area (Å²) in [7, 11) is 0. The Morgan fingerprint density at radius 3 is 2.48 bits per heavy atom. The van der Waals surface area contributed by atoms with E-state index < -0.39 is 0 Å². The molecule has 1 aliphatic rings. The summed E-state index contributed by atoms with van der Waals surface area (Å²) in [5.74, 6) is 0.759. The summed E-state index contributed by atoms with van der Waals surface area (Å²) in [5, 5.41) is 1.10. The minimum atomic E-state index is 0.378. The van der Waals surface area contributed by atoms with Gasteiger partial charge < -0.3 is 0 Å². The highest BCUT2D eigenvalue weighted by atomic mass is 79.9. The van der Waals surface area contributed by atoms with Gasteiger partial charge in [0.25, 0.3) is 0 Å². The van der Waals surface area contributed by atoms with Gasteiger partial charge in [-0.25, -0.2) is 0 Å². The fourth-order valence-corrected chi connectivity index (χ4v) is 5.15. The van der Waals surface area contributed by atoms with Gasteiger partial charge >= 0.3 is 0 Å². The van der Waals surface area contributed by atoms with Crippen molar-refractivity contribution >= 4 is 15.9 Å². The van der Waals surface area contributed by atoms with Crippen LogP contribution in [0.5, 0.6) is 0 Å². The molecular formula is C22H33Br. The van der Waals surface area contributed by atoms with Crippen LogP contribution in [0.15, 0.2) is 30.4 Å². The summed E-state index contributed by atoms with van der Waals surface area (Å²) in [6.07, 6.45) is 10.1. The molecule has 0 aromatic heterocycles. The maximum absolute atomic E-state index is 4.36. The molecule has 0 saturated heterocycles. The van der Waals surface area contributed by atoms with E-state index in [1.54, 1.807) is 5.56 Å². The zero-order valence-corrected chi connectivity index (χ0v) is 16.8. The summed E-state index contributed by atoms with van der Waals surface area (Å²) in [6.45, 7) is 11.2. The number of rotatable bonds is 7. The van der Waals surface area contributed by atoms with Crippen molar-refractivity contribution in [1.82, 2.24) is 0 Å². The first kappa shape index (κ1) is 18.8. The number of halogens is 1. The third-order valence-electron chi connectivity index (χ3n) is 6.00. The Morgan fingerprint density at radius 1 is 1.26 bits per heavy atom. The van der Waals surface area contributed by atoms with Crippen molar-refractivity contribution in [1.29, 1.82) is 0 Å². The van der Waals surface area contributed by atoms with Crippen LogP contribution in [-0.2, 0) is 11.8 Å². The van der Waals surface area contributed by atoms with Crippen LogP contribution in [-0.4, -0.2) is 5.33 Å². The van der Waals surface area contributed by atoms with E-state index in [0.29, 0.717) is 5.41 Å². The molecule has 1 aromatic carbocycles. The number of hydrogen-bond donors (Lipinski definition) is 0. The molecule has 128 valence electrons. The van der Waals surface area contributed by atoms with Crippen LogP contribution >= 0.6 is 15.9 Å². The van der Waals surface area contributed by atoms with Gasteiger partial charge in [-0.05, 0) is 79.9 Å². The maximum atomic E-state index is 4.36. The van der Waals surface area contributed by atoms with Crippen molar-refractivity contribution in [3.63, 3.8) is 0 Å². The number of hydrogen-bond acceptors (Lipinski definition) is 0. The van der Waals surface area contributed by atoms with E-state index >= 15 is 0 Å². The highest BCUT2D eigenvalue weighted by molar-refractivity contribution is 9.09. The van der Waals surface area contributed by atoms with Gasteiger partial charge in [0.15, 0.2) is 0 Å². The van der Waals surface area contributed by atoms with Crippen LogP contribution < -0.4 is 0 Å². The molecule has 1 aromatic rings. The van der Waals surface area contributed by atoms with Crippen molar-refractivity contribution in [3.05, 3.63) is 47.0 Å². The first-order chi connectivity index (χ1) is 11.1. The Morgan fingerprint density at radius 2 is 1.96 bits per heavy atom. The molecule has 23 heavy (non-hydrogen) atoms. The predicted octanol–water partition coefficient (Wildman–Crippen LogP) is 7.13. The lowest BCUT2D eigenvalue weighted by Crippen LogP contribution is -2.33. The van der Waals surface area contributed by atoms with Crippen LogP contribution in [0.2, 0.25) is 0 Å². The van der Waals surface area contributed by atoms with Crippen molar-refractivity contribution in [2.45, 2.75) is 77.6 Å². The molecule has 1 aliphatic carbocycles. The highest BCUT2D eigenvalue weighted by Gasteiger charge is 2.36. The third-order valence-corrected chi connectivity index (χ3v) is 6.40. The van der Waals surface area contributed by atoms with E-state index in [1.165, 1.54) is 61.6 Å². The summed E-state index contributed by atoms with van der Waals surface area (Å²) < 4.78 is 0. The lowest BCUT2D eigenvalue weighted by molar-refractivity contribution is 0.242. The quantitative estimate of drug-likeness (QED) is 0.350. The van der Waals surface area contributed by atoms with Crippen LogP contribution in [0.25, 0.3) is 0 Å². The van der Waals surface area contributed by atoms with Gasteiger partial charge in [0, 0.05) is 5.33 Å². The fraction of sp³-hybridized carbons (Fsp3) is 0.636. The summed E-state index contributed by atoms with van der Waals surface area (Å²) in [5.41, 5.74) is 6.41. The molecule has 0 heterocycles. The smallest absolute Gasteiger partial charge is 0.00397 e. The first-order valence-corrected chi connectivity index (χ1v) is 10.5. The van der Waals surface area contributed by atoms with E-state index in [9.17, 15) is 0 Å². The Balaban J connectivity index is 2.18. The molecule has 0 radical (unpaired) electrons. The van der Waals surface area contributed by atoms with Gasteiger partial charge in [0.1, 0.15) is 0 Å². The zero-order chi connectivity index (χ0) is 16.9. The average Bonchev–Trinajstić information content (AvgIpc) is 2.56. The Bertz CT molecular complexity index is 521. The SMILES string of the molecule is C=C(CCC)C1CCC(CCBr)(c2ccc(CC)c(C)c2)CC1. The molecule has 0 bridgehead atoms. The van der Waals surface area contributed by atoms with Gasteiger partial charge in [0.05, 0.1) is 0 Å². The summed E-state index contributed by atoms with van der Waals surface area (Å²) in [6, 6.07) is 7.25. The van der Waals surface area contributed by atoms with Crippen LogP contribution in [0.3, 0.4) is 0 Å². The van der Waals surface area contributed by atoms with Gasteiger partial charge in [0.2, 0.25) is 0 Å². The number of benzene rings is 1. The van der Waals surface area contributed by atoms with E-state index in [4.69, 9.17) is 0 Å². The lowest BCUT2D eigenvalue weighted by Gasteiger charge is -2.41. The largest absolute Gasteiger partial charge is 0.0996 e. The average molecular weight is 377 g/mol. The molecule has 1 heteroatoms. The first-order valence-electron chi connectivity index (χ1n) is 9.40. The van der Waals surface area contributed by atoms with Gasteiger partial charge in [-0.3, -0.25) is 0 Å². The molecule has 0 nitrogen and oxygen atoms in total. The number of aryl methyl sites for hydroxylation is 2. The lowest BCUT2D eigenvalue weighted by atomic mass is 9.63. The van der Waals surface area contributed by atoms with Crippen molar-refractivity contribution in [2.24, 2.45) is 5.92 Å². The third kappa shape index (κ3) is 4.29. The predicted molar refractivity (Wildman–Crippen MR) is 107 cm³/mol. The second-order valence-electron chi connectivity index (χ2n) is 7.40. The minimum Gasteiger partial charge on any atom is -0.0996 e. The van der Waals surface area contributed by atoms with E-state index in [-0.39, 0.29) is 0 Å². The van der Waals surface area contributed by atoms with Crippen LogP contribution in [0.1, 0.15) is 75.5 Å². The zero-order valence-electron chi connectivity index (χ0n) is 15.3. The molecule has 0 amide bonds. The summed E-state index contributed by atoms with van der Waals surface area (Å²) >= 11 is 3.72. The monoisotopic (exact) mass is 376 g/mol. The fourth-order valence-electron chi connectivity index (χ4n) is 4.39. The number of alkyl halides is 1. The maximum Gasteiger partial charge on any atom is 0.00397 e. The molecule has 1 saturated carbocycles. The Hall–Kier alpha value is -0.560. The second kappa shape index (κ2) is 8.51. The molecule has 0 spiro atoms. The van der Waals surface area contributed by atoms with Crippen LogP contribution in [0, 0.1) is 12.8 Å². The Kier molecular flexibility index (Phi) is 6.95. The molecular weight excluding hydrogens is 344 g/mol. The van der Waals surface area contributed by atoms with E-state index in [1.807, 2.05) is 0 Å². The molecule has 0 unspecified atom stereocenters. The van der Waals surface area contributed by atoms with Crippen LogP contribution in [0.4, 0.5) is 0 Å². The second-order valence-corrected chi connectivity index (χ2v) is 8.19. The van der Waals surface area contributed by atoms with Crippen molar-refractivity contribution in [3.8, 4) is 0 Å². The number of allylic oxidation sites excluding steroid dienone is 1. The molecule has 0 N–H and O–H groups in total. The van der Waals surface area contributed by atoms with Gasteiger partial charge in [-0.15, -0.1) is 0 Å². The molecule has 1 fully saturated rings. The van der Waals surface area contributed by atoms with E-state index in [0.717, 1.165) is 17.7 Å². The molecule has 2 rings (SSSR count). The minimum absolute atomic E-state index is 0.378. The molecule has 0 aliphatic heterocycles.